The van der Waals surface area contributed by atoms with Gasteiger partial charge in [0.15, 0.2) is 0 Å². The number of hydrogen-bond donors (Lipinski definition) is 0. The Balaban J connectivity index is 1.72. The quantitative estimate of drug-likeness (QED) is 0.816. The lowest BCUT2D eigenvalue weighted by Crippen LogP contribution is -2.48. The van der Waals surface area contributed by atoms with E-state index >= 15 is 0 Å². The van der Waals surface area contributed by atoms with E-state index in [4.69, 9.17) is 0 Å². The van der Waals surface area contributed by atoms with Crippen molar-refractivity contribution in [1.29, 1.82) is 0 Å². The van der Waals surface area contributed by atoms with Gasteiger partial charge in [-0.3, -0.25) is 4.79 Å². The summed E-state index contributed by atoms with van der Waals surface area (Å²) in [6, 6.07) is 6.17. The van der Waals surface area contributed by atoms with E-state index in [0.29, 0.717) is 0 Å². The summed E-state index contributed by atoms with van der Waals surface area (Å²) < 4.78 is 0. The molecule has 0 unspecified atom stereocenters. The summed E-state index contributed by atoms with van der Waals surface area (Å²) in [7, 11) is 2.11. The molecule has 1 fully saturated rings. The molecule has 2 heterocycles. The average Bonchev–Trinajstić information content (AvgIpc) is 2.87. The fraction of sp³-hybridized carbons (Fsp3) is 0.562. The first kappa shape index (κ1) is 13.4. The molecular weight excluding hydrogens is 250 g/mol. The topological polar surface area (TPSA) is 26.8 Å². The van der Waals surface area contributed by atoms with Crippen molar-refractivity contribution in [2.75, 3.05) is 51.2 Å². The maximum Gasteiger partial charge on any atom is 0.253 e. The Labute approximate surface area is 121 Å². The van der Waals surface area contributed by atoms with Crippen molar-refractivity contribution in [3.05, 3.63) is 29.3 Å². The van der Waals surface area contributed by atoms with Gasteiger partial charge in [0.05, 0.1) is 0 Å². The Bertz CT molecular complexity index is 506. The third-order valence-corrected chi connectivity index (χ3v) is 4.56. The first-order valence-electron chi connectivity index (χ1n) is 7.54. The summed E-state index contributed by atoms with van der Waals surface area (Å²) in [5.41, 5.74) is 3.44. The number of carbonyl (C=O) groups is 1. The molecule has 4 nitrogen and oxygen atoms in total. The molecule has 1 saturated heterocycles. The molecule has 0 N–H and O–H groups in total. The van der Waals surface area contributed by atoms with E-state index in [-0.39, 0.29) is 5.91 Å². The van der Waals surface area contributed by atoms with Crippen LogP contribution in [0.2, 0.25) is 0 Å². The van der Waals surface area contributed by atoms with E-state index in [2.05, 4.69) is 35.9 Å². The molecule has 0 radical (unpaired) electrons. The zero-order chi connectivity index (χ0) is 14.1. The highest BCUT2D eigenvalue weighted by Gasteiger charge is 2.23. The van der Waals surface area contributed by atoms with Gasteiger partial charge in [-0.25, -0.2) is 0 Å². The number of hydrogen-bond acceptors (Lipinski definition) is 3. The molecule has 108 valence electrons. The van der Waals surface area contributed by atoms with Crippen LogP contribution in [0.4, 0.5) is 5.69 Å². The first-order chi connectivity index (χ1) is 9.69. The van der Waals surface area contributed by atoms with Gasteiger partial charge in [-0.15, -0.1) is 0 Å². The maximum atomic E-state index is 12.6. The first-order valence-corrected chi connectivity index (χ1v) is 7.54. The van der Waals surface area contributed by atoms with Crippen LogP contribution in [0.15, 0.2) is 18.2 Å². The number of piperazine rings is 1. The summed E-state index contributed by atoms with van der Waals surface area (Å²) in [6.07, 6.45) is 1.05. The minimum atomic E-state index is 0.193. The Morgan fingerprint density at radius 3 is 2.60 bits per heavy atom. The zero-order valence-corrected chi connectivity index (χ0v) is 12.4. The lowest BCUT2D eigenvalue weighted by Gasteiger charge is -2.34. The summed E-state index contributed by atoms with van der Waals surface area (Å²) in [5, 5.41) is 0. The normalized spacial score (nSPS) is 19.3. The second kappa shape index (κ2) is 5.44. The number of carbonyl (C=O) groups excluding carboxylic acids is 1. The van der Waals surface area contributed by atoms with E-state index in [1.165, 1.54) is 11.3 Å². The lowest BCUT2D eigenvalue weighted by molar-refractivity contribution is 0.0643. The highest BCUT2D eigenvalue weighted by molar-refractivity contribution is 5.95. The largest absolute Gasteiger partial charge is 0.374 e. The van der Waals surface area contributed by atoms with Crippen molar-refractivity contribution in [2.24, 2.45) is 0 Å². The van der Waals surface area contributed by atoms with Crippen LogP contribution >= 0.6 is 0 Å². The molecule has 2 aliphatic rings. The zero-order valence-electron chi connectivity index (χ0n) is 12.4. The van der Waals surface area contributed by atoms with Gasteiger partial charge in [-0.05, 0) is 36.7 Å². The van der Waals surface area contributed by atoms with E-state index in [1.807, 2.05) is 11.0 Å². The van der Waals surface area contributed by atoms with Crippen molar-refractivity contribution < 1.29 is 4.79 Å². The Hall–Kier alpha value is -1.55. The summed E-state index contributed by atoms with van der Waals surface area (Å²) in [5.74, 6) is 0.193. The van der Waals surface area contributed by atoms with Gasteiger partial charge in [0.25, 0.3) is 5.91 Å². The highest BCUT2D eigenvalue weighted by atomic mass is 16.2. The van der Waals surface area contributed by atoms with Crippen LogP contribution in [-0.2, 0) is 6.42 Å². The Kier molecular flexibility index (Phi) is 3.66. The molecule has 0 aliphatic carbocycles. The van der Waals surface area contributed by atoms with Gasteiger partial charge in [-0.2, -0.15) is 0 Å². The predicted octanol–water partition coefficient (Wildman–Crippen LogP) is 1.46. The van der Waals surface area contributed by atoms with Crippen LogP contribution in [0.3, 0.4) is 0 Å². The SMILES string of the molecule is CCN1CCN(C(=O)c2ccc3c(c2)CCN3C)CC1. The third-order valence-electron chi connectivity index (χ3n) is 4.56. The average molecular weight is 273 g/mol. The number of anilines is 1. The Morgan fingerprint density at radius 2 is 1.90 bits per heavy atom. The smallest absolute Gasteiger partial charge is 0.253 e. The molecule has 0 spiro atoms. The van der Waals surface area contributed by atoms with Crippen LogP contribution in [0.25, 0.3) is 0 Å². The van der Waals surface area contributed by atoms with Crippen molar-refractivity contribution in [1.82, 2.24) is 9.80 Å². The van der Waals surface area contributed by atoms with Crippen LogP contribution in [0.1, 0.15) is 22.8 Å². The number of rotatable bonds is 2. The molecule has 1 amide bonds. The molecule has 0 atom stereocenters. The van der Waals surface area contributed by atoms with E-state index in [1.54, 1.807) is 0 Å². The van der Waals surface area contributed by atoms with Crippen LogP contribution in [0.5, 0.6) is 0 Å². The second-order valence-electron chi connectivity index (χ2n) is 5.74. The summed E-state index contributed by atoms with van der Waals surface area (Å²) >= 11 is 0. The third kappa shape index (κ3) is 2.40. The summed E-state index contributed by atoms with van der Waals surface area (Å²) in [4.78, 5) is 19.2. The van der Waals surface area contributed by atoms with Crippen molar-refractivity contribution in [2.45, 2.75) is 13.3 Å². The molecule has 2 aliphatic heterocycles. The molecule has 1 aromatic rings. The fourth-order valence-corrected chi connectivity index (χ4v) is 3.15. The molecule has 1 aromatic carbocycles. The number of amides is 1. The standard InChI is InChI=1S/C16H23N3O/c1-3-18-8-10-19(11-9-18)16(20)14-4-5-15-13(12-14)6-7-17(15)2/h4-5,12H,3,6-11H2,1-2H3. The van der Waals surface area contributed by atoms with Crippen LogP contribution in [0, 0.1) is 0 Å². The van der Waals surface area contributed by atoms with Gasteiger partial charge in [0.2, 0.25) is 0 Å². The number of fused-ring (bicyclic) bond motifs is 1. The number of benzene rings is 1. The van der Waals surface area contributed by atoms with Gasteiger partial charge < -0.3 is 14.7 Å². The van der Waals surface area contributed by atoms with E-state index in [9.17, 15) is 4.79 Å². The molecule has 3 rings (SSSR count). The predicted molar refractivity (Wildman–Crippen MR) is 81.4 cm³/mol. The van der Waals surface area contributed by atoms with E-state index in [0.717, 1.165) is 51.3 Å². The van der Waals surface area contributed by atoms with Gasteiger partial charge >= 0.3 is 0 Å². The van der Waals surface area contributed by atoms with Crippen molar-refractivity contribution in [3.63, 3.8) is 0 Å². The number of likely N-dealkylation sites (N-methyl/N-ethyl adjacent to an activating group) is 2. The van der Waals surface area contributed by atoms with Crippen LogP contribution < -0.4 is 4.90 Å². The minimum absolute atomic E-state index is 0.193. The molecule has 0 aromatic heterocycles. The van der Waals surface area contributed by atoms with Gasteiger partial charge in [-0.1, -0.05) is 6.92 Å². The monoisotopic (exact) mass is 273 g/mol. The maximum absolute atomic E-state index is 12.6. The summed E-state index contributed by atoms with van der Waals surface area (Å²) in [6.45, 7) is 8.00. The molecule has 0 bridgehead atoms. The van der Waals surface area contributed by atoms with E-state index < -0.39 is 0 Å². The van der Waals surface area contributed by atoms with Gasteiger partial charge in [0, 0.05) is 51.0 Å². The number of nitrogens with zero attached hydrogens (tertiary/aromatic N) is 3. The van der Waals surface area contributed by atoms with Gasteiger partial charge in [0.1, 0.15) is 0 Å². The highest BCUT2D eigenvalue weighted by Crippen LogP contribution is 2.27. The molecule has 20 heavy (non-hydrogen) atoms. The fourth-order valence-electron chi connectivity index (χ4n) is 3.15. The van der Waals surface area contributed by atoms with Crippen molar-refractivity contribution >= 4 is 11.6 Å². The lowest BCUT2D eigenvalue weighted by atomic mass is 10.1. The van der Waals surface area contributed by atoms with Crippen molar-refractivity contribution in [3.8, 4) is 0 Å². The van der Waals surface area contributed by atoms with Crippen LogP contribution in [-0.4, -0.2) is 62.0 Å². The molecule has 0 saturated carbocycles. The molecule has 4 heteroatoms. The second-order valence-corrected chi connectivity index (χ2v) is 5.74. The Morgan fingerprint density at radius 1 is 1.15 bits per heavy atom. The molecular formula is C16H23N3O. The minimum Gasteiger partial charge on any atom is -0.374 e.